The molecular weight excluding hydrogens is 195 g/mol. The molecule has 0 aliphatic rings. The number of hydrogen-bond acceptors (Lipinski definition) is 2. The first-order chi connectivity index (χ1) is 6.25. The Hall–Kier alpha value is -0.290. The monoisotopic (exact) mass is 213 g/mol. The van der Waals surface area contributed by atoms with E-state index in [9.17, 15) is 13.2 Å². The van der Waals surface area contributed by atoms with Crippen LogP contribution >= 0.6 is 0 Å². The van der Waals surface area contributed by atoms with Crippen molar-refractivity contribution in [3.05, 3.63) is 0 Å². The molecule has 2 unspecified atom stereocenters. The molecule has 0 aromatic rings. The summed E-state index contributed by atoms with van der Waals surface area (Å²) in [5, 5.41) is 11.3. The second-order valence-corrected chi connectivity index (χ2v) is 3.94. The smallest absolute Gasteiger partial charge is 0.382 e. The van der Waals surface area contributed by atoms with E-state index in [-0.39, 0.29) is 0 Å². The van der Waals surface area contributed by atoms with E-state index in [0.29, 0.717) is 18.4 Å². The molecule has 0 aliphatic carbocycles. The number of aliphatic hydroxyl groups excluding tert-OH is 1. The minimum absolute atomic E-state index is 0.301. The third-order valence-electron chi connectivity index (χ3n) is 2.32. The van der Waals surface area contributed by atoms with Crippen LogP contribution in [0.1, 0.15) is 20.8 Å². The molecule has 0 aromatic heterocycles. The molecule has 2 N–H and O–H groups in total. The Morgan fingerprint density at radius 3 is 2.00 bits per heavy atom. The molecule has 2 nitrogen and oxygen atoms in total. The van der Waals surface area contributed by atoms with Gasteiger partial charge in [-0.3, -0.25) is 0 Å². The molecule has 0 spiro atoms. The van der Waals surface area contributed by atoms with Crippen LogP contribution in [0.4, 0.5) is 13.2 Å². The van der Waals surface area contributed by atoms with Crippen LogP contribution in [0.3, 0.4) is 0 Å². The van der Waals surface area contributed by atoms with Crippen molar-refractivity contribution in [2.45, 2.75) is 33.1 Å². The predicted molar refractivity (Wildman–Crippen MR) is 48.9 cm³/mol. The van der Waals surface area contributed by atoms with Crippen LogP contribution < -0.4 is 5.32 Å². The van der Waals surface area contributed by atoms with Gasteiger partial charge in [0, 0.05) is 6.54 Å². The van der Waals surface area contributed by atoms with Crippen LogP contribution in [-0.2, 0) is 0 Å². The van der Waals surface area contributed by atoms with Gasteiger partial charge >= 0.3 is 6.18 Å². The fourth-order valence-corrected chi connectivity index (χ4v) is 0.799. The van der Waals surface area contributed by atoms with Gasteiger partial charge in [0.2, 0.25) is 0 Å². The number of nitrogens with one attached hydrogen (secondary N) is 1. The first kappa shape index (κ1) is 13.7. The molecule has 2 atom stereocenters. The molecule has 86 valence electrons. The van der Waals surface area contributed by atoms with E-state index in [4.69, 9.17) is 5.11 Å². The minimum Gasteiger partial charge on any atom is -0.382 e. The maximum Gasteiger partial charge on any atom is 0.415 e. The number of rotatable bonds is 5. The molecule has 0 fully saturated rings. The van der Waals surface area contributed by atoms with Crippen molar-refractivity contribution in [2.24, 2.45) is 11.8 Å². The first-order valence-electron chi connectivity index (χ1n) is 4.70. The van der Waals surface area contributed by atoms with Gasteiger partial charge in [-0.05, 0) is 18.4 Å². The largest absolute Gasteiger partial charge is 0.415 e. The summed E-state index contributed by atoms with van der Waals surface area (Å²) in [5.41, 5.74) is 0. The van der Waals surface area contributed by atoms with E-state index in [0.717, 1.165) is 0 Å². The third-order valence-corrected chi connectivity index (χ3v) is 2.32. The summed E-state index contributed by atoms with van der Waals surface area (Å²) in [6, 6.07) is 0. The molecule has 0 saturated carbocycles. The zero-order chi connectivity index (χ0) is 11.4. The van der Waals surface area contributed by atoms with Crippen molar-refractivity contribution in [2.75, 3.05) is 13.1 Å². The average Bonchev–Trinajstić information content (AvgIpc) is 2.01. The standard InChI is InChI=1S/C9H18F3NO/c1-6(2)7(3)4-13-5-8(14)9(10,11)12/h6-8,13-14H,4-5H2,1-3H3. The fourth-order valence-electron chi connectivity index (χ4n) is 0.799. The topological polar surface area (TPSA) is 32.3 Å². The van der Waals surface area contributed by atoms with E-state index in [1.54, 1.807) is 0 Å². The molecule has 0 bridgehead atoms. The van der Waals surface area contributed by atoms with Crippen LogP contribution in [0.5, 0.6) is 0 Å². The summed E-state index contributed by atoms with van der Waals surface area (Å²) in [6.45, 7) is 6.03. The van der Waals surface area contributed by atoms with Gasteiger partial charge in [-0.2, -0.15) is 13.2 Å². The normalized spacial score (nSPS) is 17.1. The van der Waals surface area contributed by atoms with Gasteiger partial charge in [-0.1, -0.05) is 20.8 Å². The summed E-state index contributed by atoms with van der Waals surface area (Å²) >= 11 is 0. The van der Waals surface area contributed by atoms with Crippen LogP contribution in [0.15, 0.2) is 0 Å². The van der Waals surface area contributed by atoms with Crippen molar-refractivity contribution in [1.82, 2.24) is 5.32 Å². The van der Waals surface area contributed by atoms with Crippen LogP contribution in [0.2, 0.25) is 0 Å². The Morgan fingerprint density at radius 1 is 1.14 bits per heavy atom. The Morgan fingerprint density at radius 2 is 1.64 bits per heavy atom. The zero-order valence-corrected chi connectivity index (χ0v) is 8.73. The second-order valence-electron chi connectivity index (χ2n) is 3.94. The molecule has 5 heteroatoms. The van der Waals surface area contributed by atoms with Crippen molar-refractivity contribution in [3.8, 4) is 0 Å². The first-order valence-corrected chi connectivity index (χ1v) is 4.70. The maximum absolute atomic E-state index is 11.8. The number of halogens is 3. The molecule has 0 amide bonds. The van der Waals surface area contributed by atoms with Gasteiger partial charge in [0.15, 0.2) is 6.10 Å². The van der Waals surface area contributed by atoms with Crippen molar-refractivity contribution < 1.29 is 18.3 Å². The lowest BCUT2D eigenvalue weighted by Gasteiger charge is -2.19. The number of aliphatic hydroxyl groups is 1. The predicted octanol–water partition coefficient (Wildman–Crippen LogP) is 1.79. The maximum atomic E-state index is 11.8. The summed E-state index contributed by atoms with van der Waals surface area (Å²) in [7, 11) is 0. The number of hydrogen-bond donors (Lipinski definition) is 2. The lowest BCUT2D eigenvalue weighted by Crippen LogP contribution is -2.40. The Balaban J connectivity index is 3.65. The average molecular weight is 213 g/mol. The van der Waals surface area contributed by atoms with Crippen molar-refractivity contribution in [1.29, 1.82) is 0 Å². The molecular formula is C9H18F3NO. The van der Waals surface area contributed by atoms with E-state index in [1.807, 2.05) is 20.8 Å². The summed E-state index contributed by atoms with van der Waals surface area (Å²) in [4.78, 5) is 0. The lowest BCUT2D eigenvalue weighted by atomic mass is 9.98. The van der Waals surface area contributed by atoms with Gasteiger partial charge in [0.1, 0.15) is 0 Å². The van der Waals surface area contributed by atoms with E-state index in [2.05, 4.69) is 5.32 Å². The highest BCUT2D eigenvalue weighted by Crippen LogP contribution is 2.19. The summed E-state index contributed by atoms with van der Waals surface area (Å²) in [6.07, 6.45) is -6.78. The van der Waals surface area contributed by atoms with Gasteiger partial charge < -0.3 is 10.4 Å². The highest BCUT2D eigenvalue weighted by molar-refractivity contribution is 4.69. The molecule has 0 rings (SSSR count). The Kier molecular flexibility index (Phi) is 5.44. The van der Waals surface area contributed by atoms with E-state index < -0.39 is 18.8 Å². The highest BCUT2D eigenvalue weighted by atomic mass is 19.4. The van der Waals surface area contributed by atoms with Gasteiger partial charge in [-0.25, -0.2) is 0 Å². The van der Waals surface area contributed by atoms with Gasteiger partial charge in [0.05, 0.1) is 0 Å². The van der Waals surface area contributed by atoms with E-state index in [1.165, 1.54) is 0 Å². The van der Waals surface area contributed by atoms with Crippen LogP contribution in [-0.4, -0.2) is 30.5 Å². The Bertz CT molecular complexity index is 159. The quantitative estimate of drug-likeness (QED) is 0.729. The summed E-state index contributed by atoms with van der Waals surface area (Å²) < 4.78 is 35.5. The van der Waals surface area contributed by atoms with Crippen LogP contribution in [0.25, 0.3) is 0 Å². The number of alkyl halides is 3. The second kappa shape index (κ2) is 5.56. The molecule has 0 heterocycles. The molecule has 0 radical (unpaired) electrons. The third kappa shape index (κ3) is 5.44. The SMILES string of the molecule is CC(C)C(C)CNCC(O)C(F)(F)F. The van der Waals surface area contributed by atoms with Crippen LogP contribution in [0, 0.1) is 11.8 Å². The zero-order valence-electron chi connectivity index (χ0n) is 8.73. The Labute approximate surface area is 82.5 Å². The van der Waals surface area contributed by atoms with Crippen molar-refractivity contribution >= 4 is 0 Å². The highest BCUT2D eigenvalue weighted by Gasteiger charge is 2.37. The molecule has 14 heavy (non-hydrogen) atoms. The van der Waals surface area contributed by atoms with E-state index >= 15 is 0 Å². The minimum atomic E-state index is -4.52. The molecule has 0 aromatic carbocycles. The fraction of sp³-hybridized carbons (Fsp3) is 1.00. The summed E-state index contributed by atoms with van der Waals surface area (Å²) in [5.74, 6) is 0.723. The van der Waals surface area contributed by atoms with Gasteiger partial charge in [0.25, 0.3) is 0 Å². The molecule has 0 saturated heterocycles. The molecule has 0 aliphatic heterocycles. The van der Waals surface area contributed by atoms with Crippen molar-refractivity contribution in [3.63, 3.8) is 0 Å². The van der Waals surface area contributed by atoms with Gasteiger partial charge in [-0.15, -0.1) is 0 Å². The lowest BCUT2D eigenvalue weighted by molar-refractivity contribution is -0.201.